The molecule has 6 heteroatoms. The number of hydrogen-bond donors (Lipinski definition) is 1. The van der Waals surface area contributed by atoms with E-state index < -0.39 is 18.5 Å². The molecule has 1 amide bonds. The fourth-order valence-electron chi connectivity index (χ4n) is 2.38. The van der Waals surface area contributed by atoms with Crippen LogP contribution in [0.2, 0.25) is 5.02 Å². The summed E-state index contributed by atoms with van der Waals surface area (Å²) in [6.07, 6.45) is 1.05. The van der Waals surface area contributed by atoms with Crippen molar-refractivity contribution in [2.24, 2.45) is 0 Å². The number of carbonyl (C=O) groups is 2. The average molecular weight is 376 g/mol. The molecule has 0 saturated carbocycles. The molecule has 5 nitrogen and oxygen atoms in total. The number of amides is 1. The number of anilines is 1. The normalized spacial score (nSPS) is 11.5. The molecule has 0 heterocycles. The third-order valence-electron chi connectivity index (χ3n) is 4.09. The Hall–Kier alpha value is -2.53. The van der Waals surface area contributed by atoms with Gasteiger partial charge in [0.25, 0.3) is 5.91 Å². The van der Waals surface area contributed by atoms with E-state index in [1.807, 2.05) is 24.3 Å². The first kappa shape index (κ1) is 19.8. The highest BCUT2D eigenvalue weighted by atomic mass is 35.5. The molecule has 1 atom stereocenters. The van der Waals surface area contributed by atoms with Crippen LogP contribution in [0.4, 0.5) is 5.69 Å². The number of hydrogen-bond acceptors (Lipinski definition) is 4. The van der Waals surface area contributed by atoms with E-state index in [-0.39, 0.29) is 5.56 Å². The van der Waals surface area contributed by atoms with Crippen molar-refractivity contribution in [3.05, 3.63) is 58.6 Å². The van der Waals surface area contributed by atoms with Gasteiger partial charge < -0.3 is 14.8 Å². The topological polar surface area (TPSA) is 64.6 Å². The lowest BCUT2D eigenvalue weighted by Gasteiger charge is -2.11. The highest BCUT2D eigenvalue weighted by Crippen LogP contribution is 2.23. The van der Waals surface area contributed by atoms with Crippen LogP contribution < -0.4 is 10.1 Å². The van der Waals surface area contributed by atoms with Crippen molar-refractivity contribution in [3.63, 3.8) is 0 Å². The lowest BCUT2D eigenvalue weighted by Crippen LogP contribution is -2.21. The number of rotatable bonds is 7. The van der Waals surface area contributed by atoms with Crippen LogP contribution >= 0.6 is 11.6 Å². The van der Waals surface area contributed by atoms with Crippen molar-refractivity contribution >= 4 is 29.2 Å². The zero-order valence-electron chi connectivity index (χ0n) is 15.0. The molecule has 0 spiro atoms. The van der Waals surface area contributed by atoms with E-state index in [0.717, 1.165) is 6.42 Å². The third-order valence-corrected chi connectivity index (χ3v) is 4.33. The molecule has 26 heavy (non-hydrogen) atoms. The molecule has 0 saturated heterocycles. The Kier molecular flexibility index (Phi) is 7.04. The Morgan fingerprint density at radius 2 is 1.85 bits per heavy atom. The molecule has 0 radical (unpaired) electrons. The summed E-state index contributed by atoms with van der Waals surface area (Å²) < 4.78 is 10.2. The van der Waals surface area contributed by atoms with Gasteiger partial charge in [0.15, 0.2) is 6.61 Å². The molecule has 2 rings (SSSR count). The molecule has 0 aromatic heterocycles. The minimum atomic E-state index is -0.674. The van der Waals surface area contributed by atoms with Gasteiger partial charge in [0.2, 0.25) is 0 Å². The second-order valence-electron chi connectivity index (χ2n) is 5.90. The van der Waals surface area contributed by atoms with Gasteiger partial charge in [0.1, 0.15) is 11.3 Å². The van der Waals surface area contributed by atoms with Gasteiger partial charge in [-0.15, -0.1) is 0 Å². The number of esters is 1. The molecule has 0 aliphatic carbocycles. The molecule has 0 fully saturated rings. The summed E-state index contributed by atoms with van der Waals surface area (Å²) in [5, 5.41) is 3.08. The smallest absolute Gasteiger partial charge is 0.342 e. The van der Waals surface area contributed by atoms with Crippen molar-refractivity contribution in [1.29, 1.82) is 0 Å². The number of methoxy groups -OCH3 is 1. The lowest BCUT2D eigenvalue weighted by atomic mass is 9.99. The zero-order valence-corrected chi connectivity index (χ0v) is 15.8. The van der Waals surface area contributed by atoms with Crippen LogP contribution in [-0.4, -0.2) is 25.6 Å². The number of ether oxygens (including phenoxy) is 2. The molecule has 0 unspecified atom stereocenters. The summed E-state index contributed by atoms with van der Waals surface area (Å²) in [5.41, 5.74) is 2.04. The molecule has 2 aromatic rings. The van der Waals surface area contributed by atoms with E-state index in [1.54, 1.807) is 12.1 Å². The predicted molar refractivity (Wildman–Crippen MR) is 102 cm³/mol. The summed E-state index contributed by atoms with van der Waals surface area (Å²) >= 11 is 5.89. The van der Waals surface area contributed by atoms with Gasteiger partial charge in [-0.2, -0.15) is 0 Å². The summed E-state index contributed by atoms with van der Waals surface area (Å²) in [5.74, 6) is -0.295. The van der Waals surface area contributed by atoms with Crippen LogP contribution in [0.5, 0.6) is 5.75 Å². The van der Waals surface area contributed by atoms with Gasteiger partial charge in [-0.1, -0.05) is 37.6 Å². The van der Waals surface area contributed by atoms with Crippen molar-refractivity contribution in [2.75, 3.05) is 19.0 Å². The van der Waals surface area contributed by atoms with E-state index in [4.69, 9.17) is 21.1 Å². The number of carbonyl (C=O) groups excluding carboxylic acids is 2. The number of nitrogens with one attached hydrogen (secondary N) is 1. The van der Waals surface area contributed by atoms with Crippen LogP contribution in [-0.2, 0) is 9.53 Å². The molecule has 0 aliphatic rings. The van der Waals surface area contributed by atoms with Gasteiger partial charge in [0.05, 0.1) is 7.11 Å². The first-order valence-electron chi connectivity index (χ1n) is 8.35. The molecular weight excluding hydrogens is 354 g/mol. The van der Waals surface area contributed by atoms with E-state index in [9.17, 15) is 9.59 Å². The first-order valence-corrected chi connectivity index (χ1v) is 8.72. The van der Waals surface area contributed by atoms with Gasteiger partial charge in [-0.3, -0.25) is 4.79 Å². The van der Waals surface area contributed by atoms with Crippen molar-refractivity contribution in [1.82, 2.24) is 0 Å². The fraction of sp³-hybridized carbons (Fsp3) is 0.300. The minimum Gasteiger partial charge on any atom is -0.496 e. The molecule has 0 bridgehead atoms. The molecule has 0 aliphatic heterocycles. The minimum absolute atomic E-state index is 0.172. The maximum absolute atomic E-state index is 12.1. The lowest BCUT2D eigenvalue weighted by molar-refractivity contribution is -0.119. The third kappa shape index (κ3) is 5.23. The second-order valence-corrected chi connectivity index (χ2v) is 6.34. The Balaban J connectivity index is 1.92. The summed E-state index contributed by atoms with van der Waals surface area (Å²) in [4.78, 5) is 24.1. The van der Waals surface area contributed by atoms with Crippen molar-refractivity contribution in [3.8, 4) is 5.75 Å². The molecule has 2 aromatic carbocycles. The van der Waals surface area contributed by atoms with Gasteiger partial charge in [-0.25, -0.2) is 4.79 Å². The summed E-state index contributed by atoms with van der Waals surface area (Å²) in [6.45, 7) is 3.88. The fourth-order valence-corrected chi connectivity index (χ4v) is 2.55. The van der Waals surface area contributed by atoms with Gasteiger partial charge >= 0.3 is 5.97 Å². The van der Waals surface area contributed by atoms with Crippen LogP contribution in [0.15, 0.2) is 42.5 Å². The quantitative estimate of drug-likeness (QED) is 0.715. The summed E-state index contributed by atoms with van der Waals surface area (Å²) in [6, 6.07) is 12.2. The molecule has 1 N–H and O–H groups in total. The standard InChI is InChI=1S/C20H22ClNO4/c1-4-13(2)14-5-8-16(9-6-14)22-19(23)12-26-20(24)17-11-15(21)7-10-18(17)25-3/h5-11,13H,4,12H2,1-3H3,(H,22,23)/t13-/m1/s1. The zero-order chi connectivity index (χ0) is 19.1. The SMILES string of the molecule is CC[C@@H](C)c1ccc(NC(=O)COC(=O)c2cc(Cl)ccc2OC)cc1. The summed E-state index contributed by atoms with van der Waals surface area (Å²) in [7, 11) is 1.44. The van der Waals surface area contributed by atoms with Gasteiger partial charge in [0, 0.05) is 10.7 Å². The van der Waals surface area contributed by atoms with Crippen LogP contribution in [0.3, 0.4) is 0 Å². The molecule has 138 valence electrons. The van der Waals surface area contributed by atoms with Crippen LogP contribution in [0.1, 0.15) is 42.1 Å². The number of halogens is 1. The Bertz CT molecular complexity index is 774. The Morgan fingerprint density at radius 1 is 1.15 bits per heavy atom. The average Bonchev–Trinajstić information content (AvgIpc) is 2.66. The van der Waals surface area contributed by atoms with Crippen molar-refractivity contribution < 1.29 is 19.1 Å². The largest absolute Gasteiger partial charge is 0.496 e. The monoisotopic (exact) mass is 375 g/mol. The number of benzene rings is 2. The van der Waals surface area contributed by atoms with E-state index in [0.29, 0.717) is 22.4 Å². The van der Waals surface area contributed by atoms with E-state index in [2.05, 4.69) is 19.2 Å². The maximum Gasteiger partial charge on any atom is 0.342 e. The van der Waals surface area contributed by atoms with Crippen LogP contribution in [0.25, 0.3) is 0 Å². The Morgan fingerprint density at radius 3 is 2.46 bits per heavy atom. The van der Waals surface area contributed by atoms with E-state index >= 15 is 0 Å². The first-order chi connectivity index (χ1) is 12.4. The highest BCUT2D eigenvalue weighted by molar-refractivity contribution is 6.31. The van der Waals surface area contributed by atoms with Crippen LogP contribution in [0, 0.1) is 0 Å². The highest BCUT2D eigenvalue weighted by Gasteiger charge is 2.16. The Labute approximate surface area is 158 Å². The van der Waals surface area contributed by atoms with E-state index in [1.165, 1.54) is 18.7 Å². The predicted octanol–water partition coefficient (Wildman–Crippen LogP) is 4.66. The van der Waals surface area contributed by atoms with Crippen molar-refractivity contribution in [2.45, 2.75) is 26.2 Å². The van der Waals surface area contributed by atoms with Gasteiger partial charge in [-0.05, 0) is 48.2 Å². The maximum atomic E-state index is 12.1. The second kappa shape index (κ2) is 9.25. The molecular formula is C20H22ClNO4.